The third-order valence-corrected chi connectivity index (χ3v) is 2.87. The SMILES string of the molecule is Cc1nc(CC2CCNCC2)cc(=O)[nH]1. The summed E-state index contributed by atoms with van der Waals surface area (Å²) in [7, 11) is 0. The number of aryl methyl sites for hydroxylation is 1. The van der Waals surface area contributed by atoms with Crippen molar-refractivity contribution in [3.05, 3.63) is 27.9 Å². The van der Waals surface area contributed by atoms with E-state index in [0.29, 0.717) is 11.7 Å². The number of rotatable bonds is 2. The Bertz CT molecular complexity index is 380. The van der Waals surface area contributed by atoms with E-state index in [1.807, 2.05) is 6.92 Å². The molecule has 2 N–H and O–H groups in total. The molecule has 15 heavy (non-hydrogen) atoms. The molecular weight excluding hydrogens is 190 g/mol. The first kappa shape index (κ1) is 10.4. The molecule has 1 aromatic heterocycles. The molecule has 1 fully saturated rings. The summed E-state index contributed by atoms with van der Waals surface area (Å²) in [4.78, 5) is 18.3. The second-order valence-corrected chi connectivity index (χ2v) is 4.22. The molecule has 1 aliphatic rings. The van der Waals surface area contributed by atoms with Crippen LogP contribution in [-0.4, -0.2) is 23.1 Å². The molecule has 0 aliphatic carbocycles. The lowest BCUT2D eigenvalue weighted by Crippen LogP contribution is -2.29. The second kappa shape index (κ2) is 4.57. The quantitative estimate of drug-likeness (QED) is 0.747. The van der Waals surface area contributed by atoms with Crippen molar-refractivity contribution in [2.24, 2.45) is 5.92 Å². The molecule has 4 nitrogen and oxygen atoms in total. The van der Waals surface area contributed by atoms with Crippen LogP contribution in [0.4, 0.5) is 0 Å². The normalized spacial score (nSPS) is 17.9. The number of nitrogens with zero attached hydrogens (tertiary/aromatic N) is 1. The van der Waals surface area contributed by atoms with Gasteiger partial charge in [-0.3, -0.25) is 4.79 Å². The molecule has 1 aromatic rings. The Morgan fingerprint density at radius 3 is 2.87 bits per heavy atom. The van der Waals surface area contributed by atoms with Gasteiger partial charge in [0.25, 0.3) is 5.56 Å². The molecule has 0 saturated carbocycles. The smallest absolute Gasteiger partial charge is 0.251 e. The van der Waals surface area contributed by atoms with Crippen molar-refractivity contribution in [1.82, 2.24) is 15.3 Å². The fraction of sp³-hybridized carbons (Fsp3) is 0.636. The van der Waals surface area contributed by atoms with E-state index in [1.54, 1.807) is 6.07 Å². The van der Waals surface area contributed by atoms with Gasteiger partial charge in [-0.1, -0.05) is 0 Å². The fourth-order valence-corrected chi connectivity index (χ4v) is 2.13. The Kier molecular flexibility index (Phi) is 3.16. The highest BCUT2D eigenvalue weighted by Crippen LogP contribution is 2.15. The number of hydrogen-bond donors (Lipinski definition) is 2. The van der Waals surface area contributed by atoms with Gasteiger partial charge < -0.3 is 10.3 Å². The largest absolute Gasteiger partial charge is 0.317 e. The summed E-state index contributed by atoms with van der Waals surface area (Å²) in [6, 6.07) is 1.62. The molecule has 1 aliphatic heterocycles. The Morgan fingerprint density at radius 1 is 1.47 bits per heavy atom. The van der Waals surface area contributed by atoms with Gasteiger partial charge in [0, 0.05) is 11.8 Å². The molecule has 0 radical (unpaired) electrons. The molecule has 0 spiro atoms. The highest BCUT2D eigenvalue weighted by Gasteiger charge is 2.14. The average Bonchev–Trinajstić information content (AvgIpc) is 2.17. The molecule has 0 atom stereocenters. The van der Waals surface area contributed by atoms with Crippen LogP contribution >= 0.6 is 0 Å². The lowest BCUT2D eigenvalue weighted by Gasteiger charge is -2.22. The summed E-state index contributed by atoms with van der Waals surface area (Å²) < 4.78 is 0. The maximum absolute atomic E-state index is 11.2. The van der Waals surface area contributed by atoms with Gasteiger partial charge in [-0.2, -0.15) is 0 Å². The van der Waals surface area contributed by atoms with Crippen molar-refractivity contribution < 1.29 is 0 Å². The Labute approximate surface area is 89.1 Å². The monoisotopic (exact) mass is 207 g/mol. The van der Waals surface area contributed by atoms with Crippen LogP contribution < -0.4 is 10.9 Å². The molecule has 0 bridgehead atoms. The van der Waals surface area contributed by atoms with Crippen LogP contribution in [0, 0.1) is 12.8 Å². The molecule has 82 valence electrons. The minimum Gasteiger partial charge on any atom is -0.317 e. The number of piperidine rings is 1. The van der Waals surface area contributed by atoms with Gasteiger partial charge in [-0.05, 0) is 45.2 Å². The Morgan fingerprint density at radius 2 is 2.20 bits per heavy atom. The molecule has 2 heterocycles. The van der Waals surface area contributed by atoms with Gasteiger partial charge in [0.1, 0.15) is 5.82 Å². The standard InChI is InChI=1S/C11H17N3O/c1-8-13-10(7-11(15)14-8)6-9-2-4-12-5-3-9/h7,9,12H,2-6H2,1H3,(H,13,14,15). The highest BCUT2D eigenvalue weighted by atomic mass is 16.1. The summed E-state index contributed by atoms with van der Waals surface area (Å²) in [5, 5.41) is 3.33. The molecular formula is C11H17N3O. The van der Waals surface area contributed by atoms with E-state index in [4.69, 9.17) is 0 Å². The molecule has 1 saturated heterocycles. The van der Waals surface area contributed by atoms with Gasteiger partial charge in [0.15, 0.2) is 0 Å². The van der Waals surface area contributed by atoms with Crippen molar-refractivity contribution in [3.8, 4) is 0 Å². The van der Waals surface area contributed by atoms with E-state index in [1.165, 1.54) is 12.8 Å². The second-order valence-electron chi connectivity index (χ2n) is 4.22. The molecule has 0 aromatic carbocycles. The zero-order chi connectivity index (χ0) is 10.7. The van der Waals surface area contributed by atoms with E-state index in [9.17, 15) is 4.79 Å². The molecule has 4 heteroatoms. The zero-order valence-electron chi connectivity index (χ0n) is 9.05. The summed E-state index contributed by atoms with van der Waals surface area (Å²) in [5.41, 5.74) is 0.898. The van der Waals surface area contributed by atoms with Crippen molar-refractivity contribution in [1.29, 1.82) is 0 Å². The third kappa shape index (κ3) is 2.89. The van der Waals surface area contributed by atoms with Crippen LogP contribution in [0.1, 0.15) is 24.4 Å². The predicted octanol–water partition coefficient (Wildman–Crippen LogP) is 0.620. The minimum absolute atomic E-state index is 0.0357. The minimum atomic E-state index is -0.0357. The zero-order valence-corrected chi connectivity index (χ0v) is 9.05. The number of nitrogens with one attached hydrogen (secondary N) is 2. The number of hydrogen-bond acceptors (Lipinski definition) is 3. The van der Waals surface area contributed by atoms with Crippen LogP contribution in [0.3, 0.4) is 0 Å². The molecule has 2 rings (SSSR count). The van der Waals surface area contributed by atoms with Gasteiger partial charge in [0.2, 0.25) is 0 Å². The predicted molar refractivity (Wildman–Crippen MR) is 58.9 cm³/mol. The van der Waals surface area contributed by atoms with E-state index in [2.05, 4.69) is 15.3 Å². The van der Waals surface area contributed by atoms with E-state index < -0.39 is 0 Å². The summed E-state index contributed by atoms with van der Waals surface area (Å²) in [6.07, 6.45) is 3.31. The van der Waals surface area contributed by atoms with Crippen LogP contribution in [0.25, 0.3) is 0 Å². The van der Waals surface area contributed by atoms with Crippen molar-refractivity contribution in [2.45, 2.75) is 26.2 Å². The molecule has 0 unspecified atom stereocenters. The lowest BCUT2D eigenvalue weighted by molar-refractivity contribution is 0.369. The summed E-state index contributed by atoms with van der Waals surface area (Å²) in [5.74, 6) is 1.39. The number of aromatic amines is 1. The maximum Gasteiger partial charge on any atom is 0.251 e. The van der Waals surface area contributed by atoms with E-state index in [-0.39, 0.29) is 5.56 Å². The van der Waals surface area contributed by atoms with Crippen molar-refractivity contribution in [3.63, 3.8) is 0 Å². The lowest BCUT2D eigenvalue weighted by atomic mass is 9.93. The Hall–Kier alpha value is -1.16. The first-order valence-corrected chi connectivity index (χ1v) is 5.51. The van der Waals surface area contributed by atoms with Gasteiger partial charge in [0.05, 0.1) is 0 Å². The van der Waals surface area contributed by atoms with Crippen molar-refractivity contribution in [2.75, 3.05) is 13.1 Å². The van der Waals surface area contributed by atoms with Crippen LogP contribution in [0.5, 0.6) is 0 Å². The summed E-state index contributed by atoms with van der Waals surface area (Å²) in [6.45, 7) is 4.01. The molecule has 0 amide bonds. The average molecular weight is 207 g/mol. The van der Waals surface area contributed by atoms with E-state index >= 15 is 0 Å². The first-order valence-electron chi connectivity index (χ1n) is 5.51. The van der Waals surface area contributed by atoms with Crippen molar-refractivity contribution >= 4 is 0 Å². The summed E-state index contributed by atoms with van der Waals surface area (Å²) >= 11 is 0. The first-order chi connectivity index (χ1) is 7.24. The fourth-order valence-electron chi connectivity index (χ4n) is 2.13. The van der Waals surface area contributed by atoms with Crippen LogP contribution in [-0.2, 0) is 6.42 Å². The van der Waals surface area contributed by atoms with Gasteiger partial charge >= 0.3 is 0 Å². The Balaban J connectivity index is 2.06. The number of aromatic nitrogens is 2. The number of H-pyrrole nitrogens is 1. The topological polar surface area (TPSA) is 57.8 Å². The maximum atomic E-state index is 11.2. The van der Waals surface area contributed by atoms with E-state index in [0.717, 1.165) is 25.2 Å². The third-order valence-electron chi connectivity index (χ3n) is 2.87. The van der Waals surface area contributed by atoms with Crippen LogP contribution in [0.2, 0.25) is 0 Å². The van der Waals surface area contributed by atoms with Gasteiger partial charge in [-0.15, -0.1) is 0 Å². The van der Waals surface area contributed by atoms with Crippen LogP contribution in [0.15, 0.2) is 10.9 Å². The van der Waals surface area contributed by atoms with Gasteiger partial charge in [-0.25, -0.2) is 4.98 Å². The highest BCUT2D eigenvalue weighted by molar-refractivity contribution is 5.03.